The summed E-state index contributed by atoms with van der Waals surface area (Å²) in [4.78, 5) is 12.1. The minimum Gasteiger partial charge on any atom is -0.401 e. The number of benzene rings is 2. The van der Waals surface area contributed by atoms with Crippen molar-refractivity contribution in [1.82, 2.24) is 0 Å². The van der Waals surface area contributed by atoms with Crippen LogP contribution in [0.1, 0.15) is 59.8 Å². The molecule has 2 aromatic rings. The maximum Gasteiger partial charge on any atom is 0.261 e. The second-order valence-corrected chi connectivity index (χ2v) is 14.9. The zero-order valence-corrected chi connectivity index (χ0v) is 21.5. The topological polar surface area (TPSA) is 44.8 Å². The van der Waals surface area contributed by atoms with Gasteiger partial charge in [0.2, 0.25) is 0 Å². The third-order valence-corrected chi connectivity index (χ3v) is 12.4. The molecule has 0 radical (unpaired) electrons. The average molecular weight is 467 g/mol. The smallest absolute Gasteiger partial charge is 0.261 e. The van der Waals surface area contributed by atoms with Gasteiger partial charge in [-0.05, 0) is 28.3 Å². The van der Waals surface area contributed by atoms with Crippen molar-refractivity contribution in [2.45, 2.75) is 82.8 Å². The van der Waals surface area contributed by atoms with Crippen LogP contribution in [0.4, 0.5) is 0 Å². The molecule has 0 N–H and O–H groups in total. The lowest BCUT2D eigenvalue weighted by molar-refractivity contribution is -0.196. The molecule has 0 amide bonds. The highest BCUT2D eigenvalue weighted by atomic mass is 28.4. The van der Waals surface area contributed by atoms with Gasteiger partial charge in [-0.15, -0.1) is 0 Å². The molecule has 1 aliphatic heterocycles. The number of carbonyl (C=O) groups is 1. The predicted molar refractivity (Wildman–Crippen MR) is 134 cm³/mol. The number of aldehydes is 1. The van der Waals surface area contributed by atoms with Crippen molar-refractivity contribution in [3.63, 3.8) is 0 Å². The molecule has 2 aromatic carbocycles. The number of hydrogen-bond acceptors (Lipinski definition) is 4. The molecule has 178 valence electrons. The van der Waals surface area contributed by atoms with E-state index in [-0.39, 0.29) is 23.2 Å². The van der Waals surface area contributed by atoms with Gasteiger partial charge in [-0.1, -0.05) is 94.8 Å². The van der Waals surface area contributed by atoms with Crippen LogP contribution in [-0.4, -0.2) is 39.2 Å². The van der Waals surface area contributed by atoms with Crippen LogP contribution in [0.25, 0.3) is 0 Å². The Balaban J connectivity index is 1.78. The fourth-order valence-corrected chi connectivity index (χ4v) is 10.4. The lowest BCUT2D eigenvalue weighted by atomic mass is 9.94. The first-order valence-corrected chi connectivity index (χ1v) is 14.3. The minimum absolute atomic E-state index is 0.168. The van der Waals surface area contributed by atoms with Gasteiger partial charge in [-0.2, -0.15) is 0 Å². The van der Waals surface area contributed by atoms with Crippen LogP contribution in [0.15, 0.2) is 60.7 Å². The van der Waals surface area contributed by atoms with Crippen LogP contribution in [0.5, 0.6) is 0 Å². The van der Waals surface area contributed by atoms with E-state index in [4.69, 9.17) is 13.9 Å². The van der Waals surface area contributed by atoms with Gasteiger partial charge < -0.3 is 18.7 Å². The summed E-state index contributed by atoms with van der Waals surface area (Å²) in [6.07, 6.45) is 5.69. The minimum atomic E-state index is -2.81. The van der Waals surface area contributed by atoms with Gasteiger partial charge in [-0.25, -0.2) is 0 Å². The van der Waals surface area contributed by atoms with Crippen molar-refractivity contribution in [2.24, 2.45) is 5.92 Å². The molecule has 33 heavy (non-hydrogen) atoms. The van der Waals surface area contributed by atoms with Crippen LogP contribution < -0.4 is 10.4 Å². The summed E-state index contributed by atoms with van der Waals surface area (Å²) >= 11 is 0. The second kappa shape index (κ2) is 9.83. The van der Waals surface area contributed by atoms with E-state index < -0.39 is 14.1 Å². The van der Waals surface area contributed by atoms with Crippen molar-refractivity contribution >= 4 is 25.0 Å². The third-order valence-electron chi connectivity index (χ3n) is 7.32. The summed E-state index contributed by atoms with van der Waals surface area (Å²) in [5.74, 6) is -0.808. The monoisotopic (exact) mass is 466 g/mol. The summed E-state index contributed by atoms with van der Waals surface area (Å²) in [5.41, 5.74) is 0. The van der Waals surface area contributed by atoms with E-state index in [9.17, 15) is 4.79 Å². The number of carbonyl (C=O) groups excluding carboxylic acids is 1. The van der Waals surface area contributed by atoms with E-state index in [1.165, 1.54) is 16.8 Å². The van der Waals surface area contributed by atoms with Gasteiger partial charge >= 0.3 is 0 Å². The summed E-state index contributed by atoms with van der Waals surface area (Å²) in [5, 5.41) is 2.25. The van der Waals surface area contributed by atoms with Gasteiger partial charge in [0.1, 0.15) is 12.4 Å². The van der Waals surface area contributed by atoms with Gasteiger partial charge in [0.05, 0.1) is 12.7 Å². The van der Waals surface area contributed by atoms with E-state index >= 15 is 0 Å². The maximum absolute atomic E-state index is 12.1. The van der Waals surface area contributed by atoms with Crippen molar-refractivity contribution < 1.29 is 18.7 Å². The maximum atomic E-state index is 12.1. The number of ether oxygens (including phenoxy) is 2. The molecule has 2 fully saturated rings. The van der Waals surface area contributed by atoms with Crippen molar-refractivity contribution in [3.05, 3.63) is 60.7 Å². The largest absolute Gasteiger partial charge is 0.401 e. The van der Waals surface area contributed by atoms with Gasteiger partial charge in [0, 0.05) is 18.8 Å². The fraction of sp³-hybridized carbons (Fsp3) is 0.536. The SMILES string of the molecule is C[C@@H](C=O)[C@H](O[Si](c1ccccc1)(c1ccccc1)C(C)(C)C)[C@H]1COC2(CCCCC2)O1. The predicted octanol–water partition coefficient (Wildman–Crippen LogP) is 4.84. The van der Waals surface area contributed by atoms with Gasteiger partial charge in [0.15, 0.2) is 5.79 Å². The van der Waals surface area contributed by atoms with E-state index in [0.717, 1.165) is 32.0 Å². The van der Waals surface area contributed by atoms with Gasteiger partial charge in [0.25, 0.3) is 8.32 Å². The highest BCUT2D eigenvalue weighted by Crippen LogP contribution is 2.42. The molecule has 1 spiro atoms. The summed E-state index contributed by atoms with van der Waals surface area (Å²) in [6.45, 7) is 9.20. The molecule has 5 heteroatoms. The first-order valence-electron chi connectivity index (χ1n) is 12.4. The molecule has 1 heterocycles. The standard InChI is InChI=1S/C28H38O4Si/c1-22(20-29)26(25-21-30-28(31-25)18-12-7-13-19-28)32-33(27(2,3)4,23-14-8-5-9-15-23)24-16-10-6-11-17-24/h5-6,8-11,14-17,20,22,25-26H,7,12-13,18-19,21H2,1-4H3/t22-,25+,26-/m0/s1. The van der Waals surface area contributed by atoms with E-state index in [2.05, 4.69) is 69.3 Å². The number of rotatable bonds is 7. The number of hydrogen-bond donors (Lipinski definition) is 0. The zero-order valence-electron chi connectivity index (χ0n) is 20.5. The molecule has 0 aromatic heterocycles. The molecular weight excluding hydrogens is 428 g/mol. The Bertz CT molecular complexity index is 863. The normalized spacial score (nSPS) is 22.7. The van der Waals surface area contributed by atoms with E-state index in [1.807, 2.05) is 19.1 Å². The quantitative estimate of drug-likeness (QED) is 0.433. The summed E-state index contributed by atoms with van der Waals surface area (Å²) < 4.78 is 20.2. The Morgan fingerprint density at radius 1 is 0.970 bits per heavy atom. The molecule has 4 nitrogen and oxygen atoms in total. The first kappa shape index (κ1) is 24.3. The zero-order chi connectivity index (χ0) is 23.5. The lowest BCUT2D eigenvalue weighted by Gasteiger charge is -2.46. The third kappa shape index (κ3) is 4.74. The van der Waals surface area contributed by atoms with Crippen molar-refractivity contribution in [3.8, 4) is 0 Å². The second-order valence-electron chi connectivity index (χ2n) is 10.7. The van der Waals surface area contributed by atoms with Crippen LogP contribution in [0, 0.1) is 5.92 Å². The van der Waals surface area contributed by atoms with Crippen LogP contribution >= 0.6 is 0 Å². The van der Waals surface area contributed by atoms with Crippen molar-refractivity contribution in [2.75, 3.05) is 6.61 Å². The highest BCUT2D eigenvalue weighted by molar-refractivity contribution is 6.99. The molecule has 1 aliphatic carbocycles. The molecule has 1 saturated heterocycles. The lowest BCUT2D eigenvalue weighted by Crippen LogP contribution is -2.69. The fourth-order valence-electron chi connectivity index (χ4n) is 5.59. The van der Waals surface area contributed by atoms with Gasteiger partial charge in [-0.3, -0.25) is 0 Å². The van der Waals surface area contributed by atoms with E-state index in [1.54, 1.807) is 0 Å². The summed E-state index contributed by atoms with van der Waals surface area (Å²) in [6, 6.07) is 21.1. The first-order chi connectivity index (χ1) is 15.8. The Morgan fingerprint density at radius 3 is 2.00 bits per heavy atom. The Hall–Kier alpha value is -1.79. The Labute approximate surface area is 199 Å². The average Bonchev–Trinajstić information content (AvgIpc) is 3.23. The molecule has 0 bridgehead atoms. The van der Waals surface area contributed by atoms with Crippen molar-refractivity contribution in [1.29, 1.82) is 0 Å². The molecule has 2 aliphatic rings. The molecular formula is C28H38O4Si. The molecule has 0 unspecified atom stereocenters. The Kier molecular flexibility index (Phi) is 7.25. The van der Waals surface area contributed by atoms with Crippen LogP contribution in [-0.2, 0) is 18.7 Å². The Morgan fingerprint density at radius 2 is 1.52 bits per heavy atom. The summed E-state index contributed by atoms with van der Waals surface area (Å²) in [7, 11) is -2.81. The van der Waals surface area contributed by atoms with Crippen LogP contribution in [0.2, 0.25) is 5.04 Å². The highest BCUT2D eigenvalue weighted by Gasteiger charge is 2.55. The molecule has 3 atom stereocenters. The molecule has 4 rings (SSSR count). The van der Waals surface area contributed by atoms with E-state index in [0.29, 0.717) is 6.61 Å². The molecule has 1 saturated carbocycles. The van der Waals surface area contributed by atoms with Crippen LogP contribution in [0.3, 0.4) is 0 Å².